The molecule has 2 N–H and O–H groups in total. The Balaban J connectivity index is 1.93. The normalized spacial score (nSPS) is 54.3. The molecule has 0 bridgehead atoms. The quantitative estimate of drug-likeness (QED) is 0.569. The maximum absolute atomic E-state index is 13.2. The minimum atomic E-state index is -2.35. The van der Waals surface area contributed by atoms with E-state index in [9.17, 15) is 8.78 Å². The Hall–Kier alpha value is -0.180. The van der Waals surface area contributed by atoms with Crippen LogP contribution in [-0.2, 0) is 0 Å². The van der Waals surface area contributed by atoms with Crippen molar-refractivity contribution in [3.8, 4) is 0 Å². The van der Waals surface area contributed by atoms with Gasteiger partial charge in [-0.3, -0.25) is 0 Å². The van der Waals surface area contributed by atoms with Crippen molar-refractivity contribution >= 4 is 0 Å². The van der Waals surface area contributed by atoms with E-state index in [0.717, 1.165) is 12.8 Å². The van der Waals surface area contributed by atoms with Crippen molar-refractivity contribution in [2.45, 2.75) is 37.6 Å². The molecule has 1 nitrogen and oxygen atoms in total. The van der Waals surface area contributed by atoms with Crippen molar-refractivity contribution in [3.05, 3.63) is 0 Å². The zero-order chi connectivity index (χ0) is 7.91. The van der Waals surface area contributed by atoms with E-state index in [-0.39, 0.29) is 6.04 Å². The molecule has 3 aliphatic carbocycles. The van der Waals surface area contributed by atoms with E-state index in [1.165, 1.54) is 0 Å². The fourth-order valence-corrected chi connectivity index (χ4v) is 3.14. The van der Waals surface area contributed by atoms with Crippen LogP contribution in [0.1, 0.15) is 25.7 Å². The van der Waals surface area contributed by atoms with Crippen LogP contribution in [0.4, 0.5) is 8.78 Å². The number of fused-ring (bicyclic) bond motifs is 1. The monoisotopic (exact) mass is 159 g/mol. The molecule has 11 heavy (non-hydrogen) atoms. The number of halogens is 2. The van der Waals surface area contributed by atoms with Crippen LogP contribution < -0.4 is 5.73 Å². The summed E-state index contributed by atoms with van der Waals surface area (Å²) in [5.41, 5.74) is 4.37. The number of rotatable bonds is 0. The molecule has 0 amide bonds. The third-order valence-corrected chi connectivity index (χ3v) is 4.03. The van der Waals surface area contributed by atoms with Crippen molar-refractivity contribution in [1.29, 1.82) is 0 Å². The number of hydrogen-bond donors (Lipinski definition) is 1. The van der Waals surface area contributed by atoms with Gasteiger partial charge in [0.1, 0.15) is 0 Å². The highest BCUT2D eigenvalue weighted by atomic mass is 19.3. The molecule has 62 valence electrons. The second-order valence-electron chi connectivity index (χ2n) is 4.41. The molecule has 0 saturated heterocycles. The lowest BCUT2D eigenvalue weighted by atomic mass is 9.74. The molecule has 3 fully saturated rings. The Morgan fingerprint density at radius 3 is 1.91 bits per heavy atom. The molecule has 0 aromatic heterocycles. The zero-order valence-corrected chi connectivity index (χ0v) is 6.24. The molecule has 0 heterocycles. The maximum atomic E-state index is 13.2. The van der Waals surface area contributed by atoms with Crippen molar-refractivity contribution in [3.63, 3.8) is 0 Å². The Morgan fingerprint density at radius 2 is 1.64 bits per heavy atom. The van der Waals surface area contributed by atoms with Crippen molar-refractivity contribution in [2.24, 2.45) is 16.6 Å². The van der Waals surface area contributed by atoms with Gasteiger partial charge in [-0.05, 0) is 25.7 Å². The molecule has 3 heteroatoms. The third-order valence-electron chi connectivity index (χ3n) is 4.03. The molecular formula is C8H11F2N. The van der Waals surface area contributed by atoms with Gasteiger partial charge in [-0.1, -0.05) is 0 Å². The highest BCUT2D eigenvalue weighted by molar-refractivity contribution is 5.38. The summed E-state index contributed by atoms with van der Waals surface area (Å²) in [6, 6.07) is 0.0563. The predicted octanol–water partition coefficient (Wildman–Crippen LogP) is 1.52. The highest BCUT2D eigenvalue weighted by Crippen LogP contribution is 2.92. The molecule has 0 radical (unpaired) electrons. The lowest BCUT2D eigenvalue weighted by Gasteiger charge is -2.33. The van der Waals surface area contributed by atoms with E-state index < -0.39 is 16.8 Å². The molecule has 2 spiro atoms. The van der Waals surface area contributed by atoms with Gasteiger partial charge in [-0.15, -0.1) is 0 Å². The van der Waals surface area contributed by atoms with Gasteiger partial charge in [0.15, 0.2) is 0 Å². The number of hydrogen-bond acceptors (Lipinski definition) is 1. The van der Waals surface area contributed by atoms with Crippen LogP contribution in [0.2, 0.25) is 0 Å². The zero-order valence-electron chi connectivity index (χ0n) is 6.24. The Kier molecular flexibility index (Phi) is 0.716. The Labute approximate surface area is 63.9 Å². The van der Waals surface area contributed by atoms with Crippen LogP contribution in [0.5, 0.6) is 0 Å². The fraction of sp³-hybridized carbons (Fsp3) is 1.00. The second kappa shape index (κ2) is 1.24. The van der Waals surface area contributed by atoms with Gasteiger partial charge in [0.05, 0.1) is 0 Å². The molecule has 3 aliphatic rings. The van der Waals surface area contributed by atoms with Crippen LogP contribution >= 0.6 is 0 Å². The summed E-state index contributed by atoms with van der Waals surface area (Å²) in [6.07, 6.45) is 2.62. The Bertz CT molecular complexity index is 220. The van der Waals surface area contributed by atoms with Crippen molar-refractivity contribution in [2.75, 3.05) is 0 Å². The topological polar surface area (TPSA) is 26.0 Å². The lowest BCUT2D eigenvalue weighted by molar-refractivity contribution is 0.0193. The van der Waals surface area contributed by atoms with Gasteiger partial charge in [0, 0.05) is 16.9 Å². The largest absolute Gasteiger partial charge is 0.328 e. The van der Waals surface area contributed by atoms with Crippen LogP contribution in [0, 0.1) is 10.8 Å². The van der Waals surface area contributed by atoms with Crippen LogP contribution in [-0.4, -0.2) is 12.0 Å². The first-order valence-corrected chi connectivity index (χ1v) is 4.19. The predicted molar refractivity (Wildman–Crippen MR) is 36.3 cm³/mol. The average molecular weight is 159 g/mol. The summed E-state index contributed by atoms with van der Waals surface area (Å²) in [7, 11) is 0. The third kappa shape index (κ3) is 0.379. The van der Waals surface area contributed by atoms with Gasteiger partial charge in [0.25, 0.3) is 5.92 Å². The molecular weight excluding hydrogens is 148 g/mol. The first kappa shape index (κ1) is 6.35. The molecule has 0 aromatic carbocycles. The van der Waals surface area contributed by atoms with E-state index in [2.05, 4.69) is 0 Å². The van der Waals surface area contributed by atoms with E-state index in [1.807, 2.05) is 0 Å². The molecule has 3 saturated carbocycles. The van der Waals surface area contributed by atoms with Crippen molar-refractivity contribution in [1.82, 2.24) is 0 Å². The lowest BCUT2D eigenvalue weighted by Crippen LogP contribution is -2.41. The van der Waals surface area contributed by atoms with Gasteiger partial charge in [0.2, 0.25) is 0 Å². The minimum Gasteiger partial charge on any atom is -0.328 e. The highest BCUT2D eigenvalue weighted by Gasteiger charge is 2.97. The molecule has 3 rings (SSSR count). The maximum Gasteiger partial charge on any atom is 0.260 e. The average Bonchev–Trinajstić information content (AvgIpc) is 2.64. The van der Waals surface area contributed by atoms with E-state index >= 15 is 0 Å². The summed E-state index contributed by atoms with van der Waals surface area (Å²) in [6.45, 7) is 0. The van der Waals surface area contributed by atoms with Crippen LogP contribution in [0.3, 0.4) is 0 Å². The smallest absolute Gasteiger partial charge is 0.260 e. The second-order valence-corrected chi connectivity index (χ2v) is 4.41. The van der Waals surface area contributed by atoms with E-state index in [4.69, 9.17) is 5.73 Å². The first-order chi connectivity index (χ1) is 5.06. The summed E-state index contributed by atoms with van der Waals surface area (Å²) in [4.78, 5) is 0. The van der Waals surface area contributed by atoms with Gasteiger partial charge in [-0.25, -0.2) is 8.78 Å². The number of alkyl halides is 2. The minimum absolute atomic E-state index is 0.0563. The van der Waals surface area contributed by atoms with Gasteiger partial charge < -0.3 is 5.73 Å². The van der Waals surface area contributed by atoms with Gasteiger partial charge in [-0.2, -0.15) is 0 Å². The van der Waals surface area contributed by atoms with E-state index in [1.54, 1.807) is 0 Å². The van der Waals surface area contributed by atoms with Gasteiger partial charge >= 0.3 is 0 Å². The summed E-state index contributed by atoms with van der Waals surface area (Å²) < 4.78 is 26.4. The van der Waals surface area contributed by atoms with Crippen LogP contribution in [0.15, 0.2) is 0 Å². The first-order valence-electron chi connectivity index (χ1n) is 4.19. The molecule has 0 unspecified atom stereocenters. The summed E-state index contributed by atoms with van der Waals surface area (Å²) in [5, 5.41) is 0. The molecule has 0 aliphatic heterocycles. The Morgan fingerprint density at radius 1 is 1.09 bits per heavy atom. The summed E-state index contributed by atoms with van der Waals surface area (Å²) in [5.74, 6) is -2.35. The van der Waals surface area contributed by atoms with E-state index in [0.29, 0.717) is 12.8 Å². The van der Waals surface area contributed by atoms with Crippen LogP contribution in [0.25, 0.3) is 0 Å². The SMILES string of the molecule is NC1CC2(C1)C(F)(F)C21CC1. The molecule has 0 aromatic rings. The van der Waals surface area contributed by atoms with Crippen molar-refractivity contribution < 1.29 is 8.78 Å². The fourth-order valence-electron chi connectivity index (χ4n) is 3.14. The number of nitrogens with two attached hydrogens (primary N) is 1. The standard InChI is InChI=1S/C8H11F2N/c9-8(10)6(1-2-6)7(8)3-5(11)4-7/h5H,1-4,11H2. The summed E-state index contributed by atoms with van der Waals surface area (Å²) >= 11 is 0. The molecule has 0 atom stereocenters.